The molecule has 3 N–H and O–H groups in total. The van der Waals surface area contributed by atoms with Gasteiger partial charge in [-0.1, -0.05) is 0 Å². The fourth-order valence-corrected chi connectivity index (χ4v) is 1.90. The van der Waals surface area contributed by atoms with Crippen LogP contribution in [0.25, 0.3) is 11.3 Å². The van der Waals surface area contributed by atoms with Crippen molar-refractivity contribution in [3.63, 3.8) is 0 Å². The zero-order valence-electron chi connectivity index (χ0n) is 8.84. The lowest BCUT2D eigenvalue weighted by Gasteiger charge is -2.05. The first kappa shape index (κ1) is 10.8. The molecule has 0 saturated heterocycles. The summed E-state index contributed by atoms with van der Waals surface area (Å²) in [5.41, 5.74) is 8.29. The van der Waals surface area contributed by atoms with Crippen molar-refractivity contribution in [2.45, 2.75) is 5.03 Å². The fourth-order valence-electron chi connectivity index (χ4n) is 1.41. The van der Waals surface area contributed by atoms with Crippen LogP contribution in [0.2, 0.25) is 0 Å². The fraction of sp³-hybridized carbons (Fsp3) is 0.0833. The van der Waals surface area contributed by atoms with Crippen molar-refractivity contribution in [3.05, 3.63) is 36.4 Å². The number of rotatable bonds is 2. The quantitative estimate of drug-likeness (QED) is 0.782. The average Bonchev–Trinajstić information content (AvgIpc) is 2.31. The van der Waals surface area contributed by atoms with Gasteiger partial charge in [0.25, 0.3) is 0 Å². The van der Waals surface area contributed by atoms with Crippen LogP contribution in [-0.2, 0) is 0 Å². The number of nitrogens with zero attached hydrogens (tertiary/aromatic N) is 1. The maximum Gasteiger partial charge on any atom is 0.119 e. The van der Waals surface area contributed by atoms with Crippen molar-refractivity contribution < 1.29 is 5.11 Å². The minimum absolute atomic E-state index is 0.254. The van der Waals surface area contributed by atoms with E-state index in [9.17, 15) is 5.11 Å². The lowest BCUT2D eigenvalue weighted by atomic mass is 10.1. The third-order valence-corrected chi connectivity index (χ3v) is 2.96. The molecule has 1 aromatic carbocycles. The molecule has 3 nitrogen and oxygen atoms in total. The molecule has 0 fully saturated rings. The highest BCUT2D eigenvalue weighted by molar-refractivity contribution is 7.98. The van der Waals surface area contributed by atoms with Crippen molar-refractivity contribution in [2.75, 3.05) is 12.0 Å². The number of hydrogen-bond acceptors (Lipinski definition) is 4. The molecule has 1 heterocycles. The number of aromatic nitrogens is 1. The topological polar surface area (TPSA) is 59.1 Å². The molecule has 0 aliphatic rings. The first-order chi connectivity index (χ1) is 7.70. The molecule has 0 radical (unpaired) electrons. The maximum atomic E-state index is 9.20. The highest BCUT2D eigenvalue weighted by Gasteiger charge is 2.04. The van der Waals surface area contributed by atoms with Crippen molar-refractivity contribution in [2.24, 2.45) is 0 Å². The van der Waals surface area contributed by atoms with Crippen molar-refractivity contribution in [1.29, 1.82) is 0 Å². The molecule has 0 bridgehead atoms. The minimum atomic E-state index is 0.254. The van der Waals surface area contributed by atoms with E-state index in [1.165, 1.54) is 11.8 Å². The first-order valence-corrected chi connectivity index (χ1v) is 6.03. The lowest BCUT2D eigenvalue weighted by molar-refractivity contribution is 0.475. The molecule has 0 aliphatic heterocycles. The molecule has 0 atom stereocenters. The number of anilines is 1. The smallest absolute Gasteiger partial charge is 0.119 e. The number of pyridine rings is 1. The molecule has 2 aromatic rings. The molecule has 4 heteroatoms. The number of nitrogens with two attached hydrogens (primary N) is 1. The van der Waals surface area contributed by atoms with Gasteiger partial charge in [0.05, 0.1) is 11.4 Å². The number of aromatic hydroxyl groups is 1. The third-order valence-electron chi connectivity index (χ3n) is 2.25. The zero-order chi connectivity index (χ0) is 11.5. The summed E-state index contributed by atoms with van der Waals surface area (Å²) >= 11 is 1.52. The summed E-state index contributed by atoms with van der Waals surface area (Å²) in [7, 11) is 0. The summed E-state index contributed by atoms with van der Waals surface area (Å²) in [5.74, 6) is 0.254. The summed E-state index contributed by atoms with van der Waals surface area (Å²) in [4.78, 5) is 4.45. The van der Waals surface area contributed by atoms with Gasteiger partial charge in [0.2, 0.25) is 0 Å². The van der Waals surface area contributed by atoms with Gasteiger partial charge in [-0.2, -0.15) is 0 Å². The third kappa shape index (κ3) is 2.12. The van der Waals surface area contributed by atoms with Gasteiger partial charge in [0.15, 0.2) is 0 Å². The normalized spacial score (nSPS) is 10.3. The van der Waals surface area contributed by atoms with Crippen molar-refractivity contribution in [1.82, 2.24) is 4.98 Å². The molecular weight excluding hydrogens is 220 g/mol. The maximum absolute atomic E-state index is 9.20. The second-order valence-corrected chi connectivity index (χ2v) is 4.14. The number of benzene rings is 1. The molecular formula is C12H12N2OS. The van der Waals surface area contributed by atoms with Crippen LogP contribution in [0.4, 0.5) is 5.69 Å². The molecule has 0 saturated carbocycles. The highest BCUT2D eigenvalue weighted by atomic mass is 32.2. The van der Waals surface area contributed by atoms with E-state index in [0.717, 1.165) is 16.3 Å². The lowest BCUT2D eigenvalue weighted by Crippen LogP contribution is -1.93. The summed E-state index contributed by atoms with van der Waals surface area (Å²) in [6.07, 6.45) is 1.94. The van der Waals surface area contributed by atoms with Crippen molar-refractivity contribution in [3.8, 4) is 17.0 Å². The number of thioether (sulfide) groups is 1. The Morgan fingerprint density at radius 1 is 1.12 bits per heavy atom. The van der Waals surface area contributed by atoms with Crippen molar-refractivity contribution >= 4 is 17.4 Å². The van der Waals surface area contributed by atoms with Crippen LogP contribution in [0.1, 0.15) is 0 Å². The van der Waals surface area contributed by atoms with E-state index in [-0.39, 0.29) is 5.75 Å². The summed E-state index contributed by atoms with van der Waals surface area (Å²) in [5, 5.41) is 10.0. The molecule has 16 heavy (non-hydrogen) atoms. The van der Waals surface area contributed by atoms with Crippen LogP contribution in [-0.4, -0.2) is 16.3 Å². The van der Waals surface area contributed by atoms with Gasteiger partial charge in [-0.25, -0.2) is 4.98 Å². The van der Waals surface area contributed by atoms with E-state index in [2.05, 4.69) is 4.98 Å². The molecule has 0 amide bonds. The van der Waals surface area contributed by atoms with Crippen LogP contribution in [0.5, 0.6) is 5.75 Å². The van der Waals surface area contributed by atoms with Crippen LogP contribution >= 0.6 is 11.8 Å². The second kappa shape index (κ2) is 4.45. The molecule has 0 spiro atoms. The Kier molecular flexibility index (Phi) is 3.01. The Labute approximate surface area is 98.3 Å². The van der Waals surface area contributed by atoms with E-state index in [4.69, 9.17) is 5.73 Å². The molecule has 82 valence electrons. The van der Waals surface area contributed by atoms with Gasteiger partial charge in [0.1, 0.15) is 10.8 Å². The van der Waals surface area contributed by atoms with Crippen LogP contribution < -0.4 is 5.73 Å². The van der Waals surface area contributed by atoms with Crippen LogP contribution in [0, 0.1) is 0 Å². The highest BCUT2D eigenvalue weighted by Crippen LogP contribution is 2.26. The molecule has 0 unspecified atom stereocenters. The minimum Gasteiger partial charge on any atom is -0.508 e. The number of phenols is 1. The predicted molar refractivity (Wildman–Crippen MR) is 67.5 cm³/mol. The number of phenolic OH excluding ortho intramolecular Hbond substituents is 1. The molecule has 2 rings (SSSR count). The number of hydrogen-bond donors (Lipinski definition) is 2. The van der Waals surface area contributed by atoms with Crippen LogP contribution in [0.15, 0.2) is 41.4 Å². The Bertz CT molecular complexity index is 497. The average molecular weight is 232 g/mol. The van der Waals surface area contributed by atoms with E-state index < -0.39 is 0 Å². The number of nitrogen functional groups attached to an aromatic ring is 1. The SMILES string of the molecule is CSc1nc(-c2ccc(O)cc2)ccc1N. The zero-order valence-corrected chi connectivity index (χ0v) is 9.66. The molecule has 0 aliphatic carbocycles. The van der Waals surface area contributed by atoms with E-state index >= 15 is 0 Å². The van der Waals surface area contributed by atoms with E-state index in [1.54, 1.807) is 12.1 Å². The van der Waals surface area contributed by atoms with Crippen LogP contribution in [0.3, 0.4) is 0 Å². The van der Waals surface area contributed by atoms with Gasteiger partial charge < -0.3 is 10.8 Å². The van der Waals surface area contributed by atoms with Gasteiger partial charge >= 0.3 is 0 Å². The summed E-state index contributed by atoms with van der Waals surface area (Å²) in [6.45, 7) is 0. The van der Waals surface area contributed by atoms with Gasteiger partial charge in [0, 0.05) is 5.56 Å². The Morgan fingerprint density at radius 2 is 1.81 bits per heavy atom. The summed E-state index contributed by atoms with van der Waals surface area (Å²) < 4.78 is 0. The predicted octanol–water partition coefficient (Wildman–Crippen LogP) is 2.76. The Balaban J connectivity index is 2.44. The second-order valence-electron chi connectivity index (χ2n) is 3.34. The summed E-state index contributed by atoms with van der Waals surface area (Å²) in [6, 6.07) is 10.7. The Hall–Kier alpha value is -1.68. The monoisotopic (exact) mass is 232 g/mol. The van der Waals surface area contributed by atoms with E-state index in [0.29, 0.717) is 5.69 Å². The van der Waals surface area contributed by atoms with Gasteiger partial charge in [-0.3, -0.25) is 0 Å². The first-order valence-electron chi connectivity index (χ1n) is 4.80. The standard InChI is InChI=1S/C12H12N2OS/c1-16-12-10(13)6-7-11(14-12)8-2-4-9(15)5-3-8/h2-7,15H,13H2,1H3. The Morgan fingerprint density at radius 3 is 2.44 bits per heavy atom. The van der Waals surface area contributed by atoms with Gasteiger partial charge in [-0.05, 0) is 42.7 Å². The molecule has 1 aromatic heterocycles. The van der Waals surface area contributed by atoms with E-state index in [1.807, 2.05) is 30.5 Å². The van der Waals surface area contributed by atoms with Gasteiger partial charge in [-0.15, -0.1) is 11.8 Å². The largest absolute Gasteiger partial charge is 0.508 e.